The molecular weight excluding hydrogens is 301 g/mol. The predicted octanol–water partition coefficient (Wildman–Crippen LogP) is 0.593. The van der Waals surface area contributed by atoms with E-state index in [2.05, 4.69) is 0 Å². The lowest BCUT2D eigenvalue weighted by Gasteiger charge is -2.14. The normalized spacial score (nSPS) is 13.2. The van der Waals surface area contributed by atoms with Gasteiger partial charge >= 0.3 is 5.97 Å². The van der Waals surface area contributed by atoms with E-state index in [0.717, 1.165) is 12.1 Å². The zero-order chi connectivity index (χ0) is 14.6. The van der Waals surface area contributed by atoms with Gasteiger partial charge in [-0.15, -0.1) is 0 Å². The Kier molecular flexibility index (Phi) is 5.24. The number of sulfonamides is 1. The van der Waals surface area contributed by atoms with Gasteiger partial charge in [-0.3, -0.25) is 4.79 Å². The molecule has 1 aromatic rings. The minimum atomic E-state index is -4.29. The molecule has 0 spiro atoms. The highest BCUT2D eigenvalue weighted by molar-refractivity contribution is 7.89. The Morgan fingerprint density at radius 2 is 2.11 bits per heavy atom. The van der Waals surface area contributed by atoms with E-state index in [1.54, 1.807) is 0 Å². The fraction of sp³-hybridized carbons (Fsp3) is 0.300. The molecule has 9 heteroatoms. The van der Waals surface area contributed by atoms with Gasteiger partial charge in [-0.05, 0) is 24.6 Å². The first-order valence-electron chi connectivity index (χ1n) is 5.09. The summed E-state index contributed by atoms with van der Waals surface area (Å²) in [6.45, 7) is -0.517. The van der Waals surface area contributed by atoms with E-state index in [-0.39, 0.29) is 11.4 Å². The number of hydrogen-bond acceptors (Lipinski definition) is 4. The second kappa shape index (κ2) is 6.29. The largest absolute Gasteiger partial charge is 0.480 e. The van der Waals surface area contributed by atoms with Crippen molar-refractivity contribution in [2.45, 2.75) is 17.4 Å². The van der Waals surface area contributed by atoms with Crippen LogP contribution in [0.5, 0.6) is 0 Å². The Hall–Kier alpha value is -1.22. The van der Waals surface area contributed by atoms with Crippen LogP contribution in [0.25, 0.3) is 0 Å². The Morgan fingerprint density at radius 3 is 2.63 bits per heavy atom. The van der Waals surface area contributed by atoms with E-state index in [0.29, 0.717) is 6.07 Å². The van der Waals surface area contributed by atoms with Crippen LogP contribution in [0.1, 0.15) is 6.42 Å². The van der Waals surface area contributed by atoms with E-state index >= 15 is 0 Å². The van der Waals surface area contributed by atoms with Crippen LogP contribution in [-0.4, -0.2) is 37.2 Å². The van der Waals surface area contributed by atoms with Gasteiger partial charge in [-0.25, -0.2) is 12.8 Å². The highest BCUT2D eigenvalue weighted by Crippen LogP contribution is 2.22. The van der Waals surface area contributed by atoms with E-state index in [9.17, 15) is 17.6 Å². The molecule has 0 aliphatic carbocycles. The summed E-state index contributed by atoms with van der Waals surface area (Å²) in [5.74, 6) is -2.27. The monoisotopic (exact) mass is 311 g/mol. The topological polar surface area (TPSA) is 104 Å². The molecule has 1 aromatic carbocycles. The van der Waals surface area contributed by atoms with Crippen LogP contribution in [0.2, 0.25) is 5.02 Å². The third-order valence-electron chi connectivity index (χ3n) is 2.20. The van der Waals surface area contributed by atoms with Gasteiger partial charge in [-0.2, -0.15) is 4.72 Å². The van der Waals surface area contributed by atoms with Gasteiger partial charge in [0.05, 0.1) is 5.02 Å². The Morgan fingerprint density at radius 1 is 1.47 bits per heavy atom. The molecule has 0 fully saturated rings. The van der Waals surface area contributed by atoms with Crippen molar-refractivity contribution in [3.05, 3.63) is 29.0 Å². The van der Waals surface area contributed by atoms with E-state index < -0.39 is 39.4 Å². The number of carboxylic acid groups (broad SMARTS) is 1. The number of carboxylic acids is 1. The molecule has 0 aliphatic rings. The molecule has 0 unspecified atom stereocenters. The molecule has 0 aliphatic heterocycles. The third-order valence-corrected chi connectivity index (χ3v) is 4.15. The second-order valence-corrected chi connectivity index (χ2v) is 5.69. The van der Waals surface area contributed by atoms with Crippen LogP contribution in [0.4, 0.5) is 4.39 Å². The number of aliphatic hydroxyl groups excluding tert-OH is 1. The maximum Gasteiger partial charge on any atom is 0.321 e. The van der Waals surface area contributed by atoms with Gasteiger partial charge in [0.25, 0.3) is 0 Å². The Bertz CT molecular complexity index is 577. The Labute approximate surface area is 113 Å². The highest BCUT2D eigenvalue weighted by atomic mass is 35.5. The maximum absolute atomic E-state index is 13.0. The highest BCUT2D eigenvalue weighted by Gasteiger charge is 2.26. The van der Waals surface area contributed by atoms with Crippen LogP contribution in [0, 0.1) is 5.82 Å². The molecule has 3 N–H and O–H groups in total. The first-order valence-corrected chi connectivity index (χ1v) is 6.95. The standard InChI is InChI=1S/C10H11ClFNO5S/c11-7-2-1-6(12)5-9(7)19(17,18)13-8(3-4-14)10(15)16/h1-2,5,8,13-14H,3-4H2,(H,15,16)/t8-/m0/s1. The molecule has 0 saturated carbocycles. The summed E-state index contributed by atoms with van der Waals surface area (Å²) >= 11 is 5.64. The first-order chi connectivity index (χ1) is 8.77. The number of aliphatic hydroxyl groups is 1. The average Bonchev–Trinajstić information content (AvgIpc) is 2.31. The molecule has 1 atom stereocenters. The van der Waals surface area contributed by atoms with Crippen LogP contribution >= 0.6 is 11.6 Å². The second-order valence-electron chi connectivity index (χ2n) is 3.60. The molecule has 0 aromatic heterocycles. The van der Waals surface area contributed by atoms with Gasteiger partial charge in [0.1, 0.15) is 16.8 Å². The molecule has 106 valence electrons. The SMILES string of the molecule is O=C(O)[C@H](CCO)NS(=O)(=O)c1cc(F)ccc1Cl. The number of rotatable bonds is 6. The number of nitrogens with one attached hydrogen (secondary N) is 1. The Balaban J connectivity index is 3.10. The van der Waals surface area contributed by atoms with Gasteiger partial charge < -0.3 is 10.2 Å². The summed E-state index contributed by atoms with van der Waals surface area (Å²) in [6.07, 6.45) is -0.318. The van der Waals surface area contributed by atoms with E-state index in [1.165, 1.54) is 0 Å². The van der Waals surface area contributed by atoms with E-state index in [4.69, 9.17) is 21.8 Å². The van der Waals surface area contributed by atoms with Crippen LogP contribution in [-0.2, 0) is 14.8 Å². The number of benzene rings is 1. The van der Waals surface area contributed by atoms with Crippen molar-refractivity contribution in [1.82, 2.24) is 4.72 Å². The number of carbonyl (C=O) groups is 1. The van der Waals surface area contributed by atoms with Crippen molar-refractivity contribution in [3.8, 4) is 0 Å². The number of halogens is 2. The quantitative estimate of drug-likeness (QED) is 0.713. The smallest absolute Gasteiger partial charge is 0.321 e. The summed E-state index contributed by atoms with van der Waals surface area (Å²) in [4.78, 5) is 10.2. The van der Waals surface area contributed by atoms with Crippen molar-refractivity contribution in [2.75, 3.05) is 6.61 Å². The lowest BCUT2D eigenvalue weighted by Crippen LogP contribution is -2.41. The fourth-order valence-electron chi connectivity index (χ4n) is 1.30. The predicted molar refractivity (Wildman–Crippen MR) is 64.9 cm³/mol. The van der Waals surface area contributed by atoms with Crippen LogP contribution in [0.15, 0.2) is 23.1 Å². The maximum atomic E-state index is 13.0. The zero-order valence-corrected chi connectivity index (χ0v) is 11.1. The minimum Gasteiger partial charge on any atom is -0.480 e. The summed E-state index contributed by atoms with van der Waals surface area (Å²) < 4.78 is 38.6. The van der Waals surface area contributed by atoms with Crippen LogP contribution in [0.3, 0.4) is 0 Å². The molecule has 0 amide bonds. The van der Waals surface area contributed by atoms with Gasteiger partial charge in [0.15, 0.2) is 0 Å². The summed E-state index contributed by atoms with van der Waals surface area (Å²) in [6, 6.07) is 1.19. The van der Waals surface area contributed by atoms with Crippen LogP contribution < -0.4 is 4.72 Å². The molecule has 0 radical (unpaired) electrons. The first kappa shape index (κ1) is 15.8. The molecular formula is C10H11ClFNO5S. The fourth-order valence-corrected chi connectivity index (χ4v) is 3.03. The van der Waals surface area contributed by atoms with Gasteiger partial charge in [0.2, 0.25) is 10.0 Å². The average molecular weight is 312 g/mol. The van der Waals surface area contributed by atoms with Gasteiger partial charge in [-0.1, -0.05) is 11.6 Å². The minimum absolute atomic E-state index is 0.234. The number of hydrogen-bond donors (Lipinski definition) is 3. The molecule has 0 bridgehead atoms. The molecule has 0 heterocycles. The van der Waals surface area contributed by atoms with E-state index in [1.807, 2.05) is 4.72 Å². The summed E-state index contributed by atoms with van der Waals surface area (Å²) in [5.41, 5.74) is 0. The molecule has 0 saturated heterocycles. The summed E-state index contributed by atoms with van der Waals surface area (Å²) in [5, 5.41) is 17.2. The zero-order valence-electron chi connectivity index (χ0n) is 9.51. The van der Waals surface area contributed by atoms with Crippen molar-refractivity contribution in [2.24, 2.45) is 0 Å². The molecule has 19 heavy (non-hydrogen) atoms. The number of aliphatic carboxylic acids is 1. The molecule has 1 rings (SSSR count). The lowest BCUT2D eigenvalue weighted by molar-refractivity contribution is -0.139. The lowest BCUT2D eigenvalue weighted by atomic mass is 10.2. The van der Waals surface area contributed by atoms with Crippen molar-refractivity contribution >= 4 is 27.6 Å². The van der Waals surface area contributed by atoms with Crippen molar-refractivity contribution < 1.29 is 27.8 Å². The van der Waals surface area contributed by atoms with Gasteiger partial charge in [0, 0.05) is 6.61 Å². The molecule has 6 nitrogen and oxygen atoms in total. The van der Waals surface area contributed by atoms with Crippen molar-refractivity contribution in [1.29, 1.82) is 0 Å². The third kappa shape index (κ3) is 4.13. The summed E-state index contributed by atoms with van der Waals surface area (Å²) in [7, 11) is -4.29. The van der Waals surface area contributed by atoms with Crippen molar-refractivity contribution in [3.63, 3.8) is 0 Å².